The number of nitrogens with one attached hydrogen (secondary N) is 1. The Bertz CT molecular complexity index is 537. The lowest BCUT2D eigenvalue weighted by Gasteiger charge is -2.41. The highest BCUT2D eigenvalue weighted by Crippen LogP contribution is 2.23. The van der Waals surface area contributed by atoms with E-state index in [1.807, 2.05) is 11.5 Å². The van der Waals surface area contributed by atoms with Crippen LogP contribution < -0.4 is 5.32 Å². The third-order valence-corrected chi connectivity index (χ3v) is 3.85. The first kappa shape index (κ1) is 14.9. The summed E-state index contributed by atoms with van der Waals surface area (Å²) in [5.74, 6) is -0.276. The van der Waals surface area contributed by atoms with Crippen molar-refractivity contribution in [2.24, 2.45) is 0 Å². The fourth-order valence-corrected chi connectivity index (χ4v) is 2.69. The second kappa shape index (κ2) is 5.48. The first-order chi connectivity index (χ1) is 9.37. The van der Waals surface area contributed by atoms with E-state index in [-0.39, 0.29) is 11.8 Å². The molecule has 1 fully saturated rings. The number of carbonyl (C=O) groups excluding carboxylic acids is 2. The highest BCUT2D eigenvalue weighted by atomic mass is 35.5. The number of aryl methyl sites for hydroxylation is 1. The molecule has 110 valence electrons. The second-order valence-electron chi connectivity index (χ2n) is 5.51. The molecule has 20 heavy (non-hydrogen) atoms. The summed E-state index contributed by atoms with van der Waals surface area (Å²) in [6.07, 6.45) is 2.67. The maximum Gasteiger partial charge on any atom is 0.271 e. The van der Waals surface area contributed by atoms with Gasteiger partial charge in [0.25, 0.3) is 5.91 Å². The number of aromatic nitrogens is 1. The fourth-order valence-electron chi connectivity index (χ4n) is 2.47. The molecular weight excluding hydrogens is 278 g/mol. The van der Waals surface area contributed by atoms with Crippen LogP contribution >= 0.6 is 11.6 Å². The van der Waals surface area contributed by atoms with Gasteiger partial charge in [0.1, 0.15) is 11.2 Å². The van der Waals surface area contributed by atoms with Gasteiger partial charge in [-0.2, -0.15) is 0 Å². The van der Waals surface area contributed by atoms with E-state index in [1.165, 1.54) is 0 Å². The highest BCUT2D eigenvalue weighted by molar-refractivity contribution is 6.31. The molecule has 0 spiro atoms. The smallest absolute Gasteiger partial charge is 0.271 e. The lowest BCUT2D eigenvalue weighted by atomic mass is 9.98. The van der Waals surface area contributed by atoms with Crippen molar-refractivity contribution in [2.75, 3.05) is 13.1 Å². The van der Waals surface area contributed by atoms with Crippen LogP contribution in [-0.4, -0.2) is 39.9 Å². The molecule has 1 N–H and O–H groups in total. The summed E-state index contributed by atoms with van der Waals surface area (Å²) in [5, 5.41) is 3.33. The van der Waals surface area contributed by atoms with Gasteiger partial charge in [-0.15, -0.1) is 0 Å². The van der Waals surface area contributed by atoms with E-state index in [0.29, 0.717) is 23.8 Å². The van der Waals surface area contributed by atoms with Gasteiger partial charge < -0.3 is 14.8 Å². The normalized spacial score (nSPS) is 18.0. The highest BCUT2D eigenvalue weighted by Gasteiger charge is 2.41. The van der Waals surface area contributed by atoms with Gasteiger partial charge in [0, 0.05) is 25.8 Å². The maximum atomic E-state index is 12.7. The lowest BCUT2D eigenvalue weighted by Crippen LogP contribution is -2.63. The number of nitrogens with zero attached hydrogens (tertiary/aromatic N) is 2. The Morgan fingerprint density at radius 2 is 2.20 bits per heavy atom. The van der Waals surface area contributed by atoms with E-state index in [1.54, 1.807) is 31.0 Å². The first-order valence-corrected chi connectivity index (χ1v) is 7.21. The standard InChI is InChI=1S/C14H20ClN3O2/c1-4-6-17-9-10(15)8-11(17)12(19)18-7-5-16-13(20)14(18,2)3/h8-9H,4-7H2,1-3H3,(H,16,20). The van der Waals surface area contributed by atoms with Gasteiger partial charge >= 0.3 is 0 Å². The molecule has 5 nitrogen and oxygen atoms in total. The average Bonchev–Trinajstić information content (AvgIpc) is 2.73. The van der Waals surface area contributed by atoms with E-state index < -0.39 is 5.54 Å². The zero-order valence-electron chi connectivity index (χ0n) is 12.1. The second-order valence-corrected chi connectivity index (χ2v) is 5.95. The monoisotopic (exact) mass is 297 g/mol. The van der Waals surface area contributed by atoms with Crippen LogP contribution in [0.2, 0.25) is 5.02 Å². The Balaban J connectivity index is 2.33. The Kier molecular flexibility index (Phi) is 4.09. The summed E-state index contributed by atoms with van der Waals surface area (Å²) in [4.78, 5) is 26.3. The molecule has 2 amide bonds. The van der Waals surface area contributed by atoms with Gasteiger partial charge in [0.15, 0.2) is 0 Å². The summed E-state index contributed by atoms with van der Waals surface area (Å²) < 4.78 is 1.85. The largest absolute Gasteiger partial charge is 0.352 e. The van der Waals surface area contributed by atoms with Crippen LogP contribution in [0.5, 0.6) is 0 Å². The first-order valence-electron chi connectivity index (χ1n) is 6.84. The number of hydrogen-bond donors (Lipinski definition) is 1. The van der Waals surface area contributed by atoms with E-state index in [2.05, 4.69) is 5.32 Å². The maximum absolute atomic E-state index is 12.7. The predicted molar refractivity (Wildman–Crippen MR) is 77.9 cm³/mol. The molecule has 2 heterocycles. The van der Waals surface area contributed by atoms with E-state index in [4.69, 9.17) is 11.6 Å². The topological polar surface area (TPSA) is 54.3 Å². The van der Waals surface area contributed by atoms with Crippen LogP contribution in [0.4, 0.5) is 0 Å². The van der Waals surface area contributed by atoms with Gasteiger partial charge in [-0.3, -0.25) is 9.59 Å². The molecule has 2 rings (SSSR count). The summed E-state index contributed by atoms with van der Waals surface area (Å²) in [6.45, 7) is 7.28. The van der Waals surface area contributed by atoms with E-state index in [0.717, 1.165) is 13.0 Å². The minimum Gasteiger partial charge on any atom is -0.352 e. The number of rotatable bonds is 3. The third kappa shape index (κ3) is 2.54. The van der Waals surface area contributed by atoms with Crippen molar-refractivity contribution >= 4 is 23.4 Å². The van der Waals surface area contributed by atoms with Gasteiger partial charge in [0.2, 0.25) is 5.91 Å². The molecule has 0 aromatic carbocycles. The van der Waals surface area contributed by atoms with Gasteiger partial charge in [0.05, 0.1) is 5.02 Å². The van der Waals surface area contributed by atoms with E-state index in [9.17, 15) is 9.59 Å². The third-order valence-electron chi connectivity index (χ3n) is 3.64. The summed E-state index contributed by atoms with van der Waals surface area (Å²) >= 11 is 6.01. The van der Waals surface area contributed by atoms with Gasteiger partial charge in [-0.05, 0) is 26.3 Å². The fraction of sp³-hybridized carbons (Fsp3) is 0.571. The van der Waals surface area contributed by atoms with Crippen molar-refractivity contribution in [1.29, 1.82) is 0 Å². The SMILES string of the molecule is CCCn1cc(Cl)cc1C(=O)N1CCNC(=O)C1(C)C. The molecule has 1 aromatic heterocycles. The van der Waals surface area contributed by atoms with Crippen molar-refractivity contribution in [3.63, 3.8) is 0 Å². The molecule has 1 saturated heterocycles. The number of halogens is 1. The van der Waals surface area contributed by atoms with Crippen LogP contribution in [0.15, 0.2) is 12.3 Å². The molecule has 0 radical (unpaired) electrons. The van der Waals surface area contributed by atoms with Crippen LogP contribution in [0, 0.1) is 0 Å². The minimum atomic E-state index is -0.844. The van der Waals surface area contributed by atoms with Crippen LogP contribution in [0.25, 0.3) is 0 Å². The molecule has 0 unspecified atom stereocenters. The molecule has 0 aliphatic carbocycles. The molecular formula is C14H20ClN3O2. The molecule has 0 saturated carbocycles. The summed E-state index contributed by atoms with van der Waals surface area (Å²) in [5.41, 5.74) is -0.303. The molecule has 1 aliphatic heterocycles. The van der Waals surface area contributed by atoms with Crippen molar-refractivity contribution in [3.05, 3.63) is 23.0 Å². The molecule has 1 aliphatic rings. The summed E-state index contributed by atoms with van der Waals surface area (Å²) in [7, 11) is 0. The van der Waals surface area contributed by atoms with Gasteiger partial charge in [-0.1, -0.05) is 18.5 Å². The molecule has 0 bridgehead atoms. The Hall–Kier alpha value is -1.49. The van der Waals surface area contributed by atoms with E-state index >= 15 is 0 Å². The van der Waals surface area contributed by atoms with Crippen molar-refractivity contribution < 1.29 is 9.59 Å². The van der Waals surface area contributed by atoms with Crippen molar-refractivity contribution in [1.82, 2.24) is 14.8 Å². The van der Waals surface area contributed by atoms with Crippen molar-refractivity contribution in [2.45, 2.75) is 39.3 Å². The Morgan fingerprint density at radius 1 is 1.50 bits per heavy atom. The molecule has 6 heteroatoms. The zero-order valence-corrected chi connectivity index (χ0v) is 12.8. The van der Waals surface area contributed by atoms with Crippen LogP contribution in [0.3, 0.4) is 0 Å². The number of piperazine rings is 1. The van der Waals surface area contributed by atoms with Crippen LogP contribution in [0.1, 0.15) is 37.7 Å². The zero-order chi connectivity index (χ0) is 14.9. The van der Waals surface area contributed by atoms with Gasteiger partial charge in [-0.25, -0.2) is 0 Å². The predicted octanol–water partition coefficient (Wildman–Crippen LogP) is 1.90. The molecule has 1 aromatic rings. The Morgan fingerprint density at radius 3 is 2.85 bits per heavy atom. The lowest BCUT2D eigenvalue weighted by molar-refractivity contribution is -0.133. The Labute approximate surface area is 123 Å². The molecule has 0 atom stereocenters. The summed E-state index contributed by atoms with van der Waals surface area (Å²) in [6, 6.07) is 1.67. The number of carbonyl (C=O) groups is 2. The average molecular weight is 298 g/mol. The van der Waals surface area contributed by atoms with Crippen LogP contribution in [-0.2, 0) is 11.3 Å². The number of hydrogen-bond acceptors (Lipinski definition) is 2. The quantitative estimate of drug-likeness (QED) is 0.926. The minimum absolute atomic E-state index is 0.128. The number of amides is 2. The van der Waals surface area contributed by atoms with Crippen molar-refractivity contribution in [3.8, 4) is 0 Å².